The maximum Gasteiger partial charge on any atom is 0.253 e. The molecule has 0 saturated heterocycles. The highest BCUT2D eigenvalue weighted by Gasteiger charge is 2.18. The van der Waals surface area contributed by atoms with E-state index >= 15 is 0 Å². The van der Waals surface area contributed by atoms with Gasteiger partial charge in [-0.2, -0.15) is 0 Å². The van der Waals surface area contributed by atoms with E-state index in [-0.39, 0.29) is 23.8 Å². The number of benzene rings is 3. The molecule has 0 radical (unpaired) electrons. The number of carbonyl (C=O) groups excluding carboxylic acids is 2. The van der Waals surface area contributed by atoms with Crippen LogP contribution in [0.1, 0.15) is 16.2 Å². The molecule has 0 spiro atoms. The highest BCUT2D eigenvalue weighted by Crippen LogP contribution is 2.24. The predicted octanol–water partition coefficient (Wildman–Crippen LogP) is 5.24. The second kappa shape index (κ2) is 11.9. The van der Waals surface area contributed by atoms with Crippen molar-refractivity contribution in [2.45, 2.75) is 11.7 Å². The number of anilines is 1. The Balaban J connectivity index is 1.47. The van der Waals surface area contributed by atoms with Gasteiger partial charge in [-0.05, 0) is 54.6 Å². The highest BCUT2D eigenvalue weighted by atomic mass is 35.5. The van der Waals surface area contributed by atoms with Gasteiger partial charge in [0.25, 0.3) is 5.91 Å². The molecular weight excluding hydrogens is 521 g/mol. The lowest BCUT2D eigenvalue weighted by Gasteiger charge is -2.11. The molecule has 36 heavy (non-hydrogen) atoms. The average molecular weight is 542 g/mol. The number of para-hydroxylation sites is 1. The predicted molar refractivity (Wildman–Crippen MR) is 141 cm³/mol. The van der Waals surface area contributed by atoms with Gasteiger partial charge < -0.3 is 15.4 Å². The Bertz CT molecular complexity index is 1360. The maximum atomic E-state index is 12.7. The van der Waals surface area contributed by atoms with Crippen LogP contribution in [0.4, 0.5) is 5.69 Å². The molecule has 0 bridgehead atoms. The lowest BCUT2D eigenvalue weighted by Crippen LogP contribution is -2.25. The van der Waals surface area contributed by atoms with Crippen LogP contribution in [-0.2, 0) is 11.3 Å². The zero-order valence-corrected chi connectivity index (χ0v) is 21.4. The Morgan fingerprint density at radius 2 is 1.75 bits per heavy atom. The third-order valence-corrected chi connectivity index (χ3v) is 6.49. The summed E-state index contributed by atoms with van der Waals surface area (Å²) >= 11 is 13.4. The quantitative estimate of drug-likeness (QED) is 0.281. The summed E-state index contributed by atoms with van der Waals surface area (Å²) in [6.07, 6.45) is 0. The molecule has 2 N–H and O–H groups in total. The van der Waals surface area contributed by atoms with Gasteiger partial charge in [0.1, 0.15) is 5.75 Å². The summed E-state index contributed by atoms with van der Waals surface area (Å²) in [7, 11) is 1.58. The number of amides is 2. The number of halogens is 2. The highest BCUT2D eigenvalue weighted by molar-refractivity contribution is 7.99. The summed E-state index contributed by atoms with van der Waals surface area (Å²) in [5.41, 5.74) is 1.72. The van der Waals surface area contributed by atoms with Crippen molar-refractivity contribution in [3.63, 3.8) is 0 Å². The molecule has 0 atom stereocenters. The van der Waals surface area contributed by atoms with Crippen LogP contribution in [0.2, 0.25) is 10.0 Å². The van der Waals surface area contributed by atoms with E-state index in [4.69, 9.17) is 27.9 Å². The van der Waals surface area contributed by atoms with E-state index in [1.165, 1.54) is 17.8 Å². The number of thioether (sulfide) groups is 1. The lowest BCUT2D eigenvalue weighted by molar-refractivity contribution is -0.113. The van der Waals surface area contributed by atoms with Gasteiger partial charge in [0.05, 0.1) is 30.0 Å². The average Bonchev–Trinajstić information content (AvgIpc) is 3.31. The number of rotatable bonds is 9. The Hall–Kier alpha value is -3.53. The zero-order valence-electron chi connectivity index (χ0n) is 19.1. The molecule has 1 heterocycles. The van der Waals surface area contributed by atoms with Gasteiger partial charge in [-0.15, -0.1) is 10.2 Å². The Labute approximate surface area is 222 Å². The first kappa shape index (κ1) is 25.6. The number of nitrogens with one attached hydrogen (secondary N) is 2. The molecule has 4 rings (SSSR count). The third kappa shape index (κ3) is 6.37. The first-order valence-electron chi connectivity index (χ1n) is 10.7. The SMILES string of the molecule is COc1ccc(NC(=O)CSc2nnc(CNC(=O)c3cc(Cl)ccc3Cl)n2-c2ccccc2)cc1. The van der Waals surface area contributed by atoms with Crippen LogP contribution >= 0.6 is 35.0 Å². The molecular formula is C25H21Cl2N5O3S. The fraction of sp³-hybridized carbons (Fsp3) is 0.120. The fourth-order valence-corrected chi connectivity index (χ4v) is 4.42. The maximum absolute atomic E-state index is 12.7. The molecule has 184 valence electrons. The Morgan fingerprint density at radius 1 is 1.00 bits per heavy atom. The summed E-state index contributed by atoms with van der Waals surface area (Å²) in [6.45, 7) is 0.0855. The van der Waals surface area contributed by atoms with E-state index in [1.54, 1.807) is 48.1 Å². The van der Waals surface area contributed by atoms with Crippen molar-refractivity contribution in [3.8, 4) is 11.4 Å². The van der Waals surface area contributed by atoms with Gasteiger partial charge in [-0.1, -0.05) is 53.2 Å². The van der Waals surface area contributed by atoms with Crippen molar-refractivity contribution < 1.29 is 14.3 Å². The smallest absolute Gasteiger partial charge is 0.253 e. The third-order valence-electron chi connectivity index (χ3n) is 5.00. The van der Waals surface area contributed by atoms with E-state index in [9.17, 15) is 9.59 Å². The van der Waals surface area contributed by atoms with Crippen molar-refractivity contribution >= 4 is 52.5 Å². The molecule has 11 heteroatoms. The van der Waals surface area contributed by atoms with Crippen molar-refractivity contribution in [2.75, 3.05) is 18.2 Å². The van der Waals surface area contributed by atoms with Crippen LogP contribution in [-0.4, -0.2) is 39.4 Å². The first-order valence-corrected chi connectivity index (χ1v) is 12.5. The molecule has 4 aromatic rings. The van der Waals surface area contributed by atoms with E-state index < -0.39 is 5.91 Å². The van der Waals surface area contributed by atoms with Crippen LogP contribution in [0.15, 0.2) is 78.0 Å². The summed E-state index contributed by atoms with van der Waals surface area (Å²) in [5, 5.41) is 15.4. The lowest BCUT2D eigenvalue weighted by atomic mass is 10.2. The number of methoxy groups -OCH3 is 1. The second-order valence-corrected chi connectivity index (χ2v) is 9.23. The van der Waals surface area contributed by atoms with Crippen LogP contribution in [0, 0.1) is 0 Å². The molecule has 0 aliphatic rings. The summed E-state index contributed by atoms with van der Waals surface area (Å²) < 4.78 is 6.93. The van der Waals surface area contributed by atoms with Gasteiger partial charge >= 0.3 is 0 Å². The molecule has 0 unspecified atom stereocenters. The monoisotopic (exact) mass is 541 g/mol. The molecule has 0 aliphatic carbocycles. The van der Waals surface area contributed by atoms with E-state index in [0.717, 1.165) is 5.69 Å². The van der Waals surface area contributed by atoms with Gasteiger partial charge in [0.2, 0.25) is 5.91 Å². The van der Waals surface area contributed by atoms with E-state index in [0.29, 0.717) is 32.5 Å². The van der Waals surface area contributed by atoms with Gasteiger partial charge in [-0.25, -0.2) is 0 Å². The molecule has 0 fully saturated rings. The van der Waals surface area contributed by atoms with Crippen LogP contribution in [0.25, 0.3) is 5.69 Å². The van der Waals surface area contributed by atoms with Crippen LogP contribution in [0.5, 0.6) is 5.75 Å². The Kier molecular flexibility index (Phi) is 8.48. The number of aromatic nitrogens is 3. The number of nitrogens with zero attached hydrogens (tertiary/aromatic N) is 3. The topological polar surface area (TPSA) is 98.1 Å². The Morgan fingerprint density at radius 3 is 2.47 bits per heavy atom. The molecule has 1 aromatic heterocycles. The van der Waals surface area contributed by atoms with Crippen molar-refractivity contribution in [1.29, 1.82) is 0 Å². The molecule has 8 nitrogen and oxygen atoms in total. The minimum absolute atomic E-state index is 0.0855. The number of hydrogen-bond donors (Lipinski definition) is 2. The number of ether oxygens (including phenoxy) is 1. The van der Waals surface area contributed by atoms with E-state index in [2.05, 4.69) is 20.8 Å². The molecule has 2 amide bonds. The first-order chi connectivity index (χ1) is 17.4. The van der Waals surface area contributed by atoms with Gasteiger partial charge in [-0.3, -0.25) is 14.2 Å². The minimum Gasteiger partial charge on any atom is -0.497 e. The number of carbonyl (C=O) groups is 2. The minimum atomic E-state index is -0.391. The normalized spacial score (nSPS) is 10.6. The van der Waals surface area contributed by atoms with Crippen molar-refractivity contribution in [3.05, 3.63) is 94.2 Å². The second-order valence-electron chi connectivity index (χ2n) is 7.44. The summed E-state index contributed by atoms with van der Waals surface area (Å²) in [4.78, 5) is 25.2. The summed E-state index contributed by atoms with van der Waals surface area (Å²) in [6, 6.07) is 21.2. The molecule has 0 saturated carbocycles. The molecule has 3 aromatic carbocycles. The largest absolute Gasteiger partial charge is 0.497 e. The van der Waals surface area contributed by atoms with Crippen LogP contribution in [0.3, 0.4) is 0 Å². The summed E-state index contributed by atoms with van der Waals surface area (Å²) in [5.74, 6) is 0.722. The van der Waals surface area contributed by atoms with Crippen LogP contribution < -0.4 is 15.4 Å². The van der Waals surface area contributed by atoms with E-state index in [1.807, 2.05) is 30.3 Å². The van der Waals surface area contributed by atoms with Gasteiger partial charge in [0.15, 0.2) is 11.0 Å². The molecule has 0 aliphatic heterocycles. The number of hydrogen-bond acceptors (Lipinski definition) is 6. The fourth-order valence-electron chi connectivity index (χ4n) is 3.27. The van der Waals surface area contributed by atoms with Crippen molar-refractivity contribution in [1.82, 2.24) is 20.1 Å². The van der Waals surface area contributed by atoms with Crippen molar-refractivity contribution in [2.24, 2.45) is 0 Å². The standard InChI is InChI=1S/C25H21Cl2N5O3S/c1-35-19-10-8-17(9-11-19)29-23(33)15-36-25-31-30-22(32(25)18-5-3-2-4-6-18)14-28-24(34)20-13-16(26)7-12-21(20)27/h2-13H,14-15H2,1H3,(H,28,34)(H,29,33). The van der Waals surface area contributed by atoms with Gasteiger partial charge in [0, 0.05) is 16.4 Å². The zero-order chi connectivity index (χ0) is 25.5.